The number of carbonyl (C=O) groups is 2. The van der Waals surface area contributed by atoms with Gasteiger partial charge in [-0.25, -0.2) is 9.48 Å². The predicted molar refractivity (Wildman–Crippen MR) is 84.9 cm³/mol. The van der Waals surface area contributed by atoms with Gasteiger partial charge in [-0.05, 0) is 48.5 Å². The molecule has 0 fully saturated rings. The fourth-order valence-corrected chi connectivity index (χ4v) is 2.11. The third kappa shape index (κ3) is 3.26. The summed E-state index contributed by atoms with van der Waals surface area (Å²) in [5.41, 5.74) is 1.97. The maximum absolute atomic E-state index is 12.3. The number of carboxylic acid groups (broad SMARTS) is 1. The third-order valence-electron chi connectivity index (χ3n) is 3.27. The first kappa shape index (κ1) is 14.5. The van der Waals surface area contributed by atoms with E-state index in [0.717, 1.165) is 5.69 Å². The van der Waals surface area contributed by atoms with Crippen molar-refractivity contribution < 1.29 is 14.7 Å². The van der Waals surface area contributed by atoms with Crippen LogP contribution in [0.1, 0.15) is 20.7 Å². The Kier molecular flexibility index (Phi) is 3.88. The highest BCUT2D eigenvalue weighted by Crippen LogP contribution is 2.14. The summed E-state index contributed by atoms with van der Waals surface area (Å²) in [5.74, 6) is -1.28. The van der Waals surface area contributed by atoms with E-state index in [1.807, 2.05) is 6.07 Å². The Morgan fingerprint density at radius 3 is 2.43 bits per heavy atom. The van der Waals surface area contributed by atoms with Gasteiger partial charge in [0.15, 0.2) is 0 Å². The minimum atomic E-state index is -1.00. The molecule has 1 heterocycles. The molecule has 0 saturated heterocycles. The first-order valence-electron chi connectivity index (χ1n) is 6.88. The second-order valence-corrected chi connectivity index (χ2v) is 4.84. The maximum atomic E-state index is 12.3. The summed E-state index contributed by atoms with van der Waals surface area (Å²) < 4.78 is 1.67. The van der Waals surface area contributed by atoms with Crippen LogP contribution in [0.5, 0.6) is 0 Å². The maximum Gasteiger partial charge on any atom is 0.335 e. The Labute approximate surface area is 132 Å². The fourth-order valence-electron chi connectivity index (χ4n) is 2.11. The number of aromatic nitrogens is 2. The van der Waals surface area contributed by atoms with Gasteiger partial charge in [0.05, 0.1) is 11.3 Å². The lowest BCUT2D eigenvalue weighted by atomic mass is 10.1. The van der Waals surface area contributed by atoms with Crippen LogP contribution in [-0.2, 0) is 0 Å². The van der Waals surface area contributed by atoms with Crippen LogP contribution in [0.2, 0.25) is 0 Å². The van der Waals surface area contributed by atoms with Gasteiger partial charge in [0.2, 0.25) is 0 Å². The van der Waals surface area contributed by atoms with Gasteiger partial charge in [0.1, 0.15) is 0 Å². The normalized spacial score (nSPS) is 10.3. The SMILES string of the molecule is O=C(O)c1ccc(NC(=O)c2cccc(-n3cccn3)c2)cc1. The smallest absolute Gasteiger partial charge is 0.335 e. The van der Waals surface area contributed by atoms with Crippen molar-refractivity contribution in [2.45, 2.75) is 0 Å². The molecule has 3 rings (SSSR count). The van der Waals surface area contributed by atoms with Gasteiger partial charge in [-0.2, -0.15) is 5.10 Å². The first-order chi connectivity index (χ1) is 11.1. The van der Waals surface area contributed by atoms with E-state index >= 15 is 0 Å². The number of anilines is 1. The molecule has 0 bridgehead atoms. The van der Waals surface area contributed by atoms with Crippen molar-refractivity contribution in [1.29, 1.82) is 0 Å². The molecule has 2 N–H and O–H groups in total. The molecule has 3 aromatic rings. The average molecular weight is 307 g/mol. The molecule has 0 aliphatic heterocycles. The van der Waals surface area contributed by atoms with E-state index in [9.17, 15) is 9.59 Å². The zero-order chi connectivity index (χ0) is 16.2. The van der Waals surface area contributed by atoms with Gasteiger partial charge in [-0.3, -0.25) is 4.79 Å². The lowest BCUT2D eigenvalue weighted by Gasteiger charge is -2.07. The summed E-state index contributed by atoms with van der Waals surface area (Å²) >= 11 is 0. The zero-order valence-electron chi connectivity index (χ0n) is 12.0. The molecule has 0 unspecified atom stereocenters. The molecule has 1 amide bonds. The first-order valence-corrected chi connectivity index (χ1v) is 6.88. The molecule has 0 spiro atoms. The van der Waals surface area contributed by atoms with Crippen LogP contribution >= 0.6 is 0 Å². The monoisotopic (exact) mass is 307 g/mol. The van der Waals surface area contributed by atoms with Crippen molar-refractivity contribution >= 4 is 17.6 Å². The second-order valence-electron chi connectivity index (χ2n) is 4.84. The molecule has 2 aromatic carbocycles. The van der Waals surface area contributed by atoms with Crippen molar-refractivity contribution in [3.8, 4) is 5.69 Å². The van der Waals surface area contributed by atoms with E-state index in [4.69, 9.17) is 5.11 Å². The van der Waals surface area contributed by atoms with E-state index in [1.54, 1.807) is 53.5 Å². The minimum absolute atomic E-state index is 0.170. The van der Waals surface area contributed by atoms with Gasteiger partial charge in [-0.1, -0.05) is 6.07 Å². The average Bonchev–Trinajstić information content (AvgIpc) is 3.10. The van der Waals surface area contributed by atoms with E-state index in [-0.39, 0.29) is 11.5 Å². The minimum Gasteiger partial charge on any atom is -0.478 e. The van der Waals surface area contributed by atoms with E-state index in [0.29, 0.717) is 11.3 Å². The van der Waals surface area contributed by atoms with E-state index < -0.39 is 5.97 Å². The van der Waals surface area contributed by atoms with Crippen LogP contribution in [-0.4, -0.2) is 26.8 Å². The molecule has 6 nitrogen and oxygen atoms in total. The number of benzene rings is 2. The molecular formula is C17H13N3O3. The fraction of sp³-hybridized carbons (Fsp3) is 0. The van der Waals surface area contributed by atoms with Crippen LogP contribution < -0.4 is 5.32 Å². The van der Waals surface area contributed by atoms with E-state index in [2.05, 4.69) is 10.4 Å². The molecule has 23 heavy (non-hydrogen) atoms. The number of nitrogens with zero attached hydrogens (tertiary/aromatic N) is 2. The largest absolute Gasteiger partial charge is 0.478 e. The Morgan fingerprint density at radius 2 is 1.78 bits per heavy atom. The number of nitrogens with one attached hydrogen (secondary N) is 1. The van der Waals surface area contributed by atoms with Crippen LogP contribution in [0.3, 0.4) is 0 Å². The summed E-state index contributed by atoms with van der Waals surface area (Å²) in [7, 11) is 0. The quantitative estimate of drug-likeness (QED) is 0.776. The lowest BCUT2D eigenvalue weighted by Crippen LogP contribution is -2.12. The molecule has 114 valence electrons. The molecular weight excluding hydrogens is 294 g/mol. The van der Waals surface area contributed by atoms with Crippen LogP contribution in [0.4, 0.5) is 5.69 Å². The Balaban J connectivity index is 1.78. The molecule has 0 aliphatic rings. The number of aromatic carboxylic acids is 1. The van der Waals surface area contributed by atoms with Gasteiger partial charge >= 0.3 is 5.97 Å². The van der Waals surface area contributed by atoms with Crippen LogP contribution in [0.25, 0.3) is 5.69 Å². The Bertz CT molecular complexity index is 840. The van der Waals surface area contributed by atoms with Crippen molar-refractivity contribution in [2.75, 3.05) is 5.32 Å². The Hall–Kier alpha value is -3.41. The molecule has 6 heteroatoms. The molecule has 0 atom stereocenters. The number of carbonyl (C=O) groups excluding carboxylic acids is 1. The predicted octanol–water partition coefficient (Wildman–Crippen LogP) is 2.82. The van der Waals surface area contributed by atoms with Crippen molar-refractivity contribution in [3.05, 3.63) is 78.1 Å². The van der Waals surface area contributed by atoms with E-state index in [1.165, 1.54) is 12.1 Å². The highest BCUT2D eigenvalue weighted by molar-refractivity contribution is 6.04. The topological polar surface area (TPSA) is 84.2 Å². The summed E-state index contributed by atoms with van der Waals surface area (Å²) in [6.45, 7) is 0. The van der Waals surface area contributed by atoms with Gasteiger partial charge in [0, 0.05) is 23.6 Å². The lowest BCUT2D eigenvalue weighted by molar-refractivity contribution is 0.0696. The van der Waals surface area contributed by atoms with Crippen LogP contribution in [0.15, 0.2) is 67.0 Å². The summed E-state index contributed by atoms with van der Waals surface area (Å²) in [5, 5.41) is 15.7. The zero-order valence-corrected chi connectivity index (χ0v) is 12.0. The standard InChI is InChI=1S/C17H13N3O3/c21-16(19-14-7-5-12(6-8-14)17(22)23)13-3-1-4-15(11-13)20-10-2-9-18-20/h1-11H,(H,19,21)(H,22,23). The highest BCUT2D eigenvalue weighted by Gasteiger charge is 2.08. The van der Waals surface area contributed by atoms with Crippen molar-refractivity contribution in [1.82, 2.24) is 9.78 Å². The van der Waals surface area contributed by atoms with Crippen molar-refractivity contribution in [3.63, 3.8) is 0 Å². The third-order valence-corrected chi connectivity index (χ3v) is 3.27. The molecule has 0 aliphatic carbocycles. The van der Waals surface area contributed by atoms with Gasteiger partial charge in [0.25, 0.3) is 5.91 Å². The molecule has 1 aromatic heterocycles. The van der Waals surface area contributed by atoms with Crippen molar-refractivity contribution in [2.24, 2.45) is 0 Å². The Morgan fingerprint density at radius 1 is 1.00 bits per heavy atom. The number of hydrogen-bond donors (Lipinski definition) is 2. The number of rotatable bonds is 4. The summed E-state index contributed by atoms with van der Waals surface area (Å²) in [6, 6.07) is 14.9. The number of hydrogen-bond acceptors (Lipinski definition) is 3. The molecule has 0 saturated carbocycles. The number of carboxylic acids is 1. The number of amides is 1. The van der Waals surface area contributed by atoms with Gasteiger partial charge in [-0.15, -0.1) is 0 Å². The summed E-state index contributed by atoms with van der Waals surface area (Å²) in [4.78, 5) is 23.1. The highest BCUT2D eigenvalue weighted by atomic mass is 16.4. The van der Waals surface area contributed by atoms with Gasteiger partial charge < -0.3 is 10.4 Å². The van der Waals surface area contributed by atoms with Crippen LogP contribution in [0, 0.1) is 0 Å². The summed E-state index contributed by atoms with van der Waals surface area (Å²) in [6.07, 6.45) is 3.46. The second kappa shape index (κ2) is 6.15. The molecule has 0 radical (unpaired) electrons.